The third-order valence-corrected chi connectivity index (χ3v) is 4.28. The number of aromatic amines is 1. The van der Waals surface area contributed by atoms with Gasteiger partial charge in [0, 0.05) is 0 Å². The van der Waals surface area contributed by atoms with Crippen LogP contribution in [0.25, 0.3) is 11.0 Å². The highest BCUT2D eigenvalue weighted by Gasteiger charge is 2.19. The number of fused-ring (bicyclic) bond motifs is 1. The quantitative estimate of drug-likeness (QED) is 0.687. The van der Waals surface area contributed by atoms with Crippen molar-refractivity contribution in [2.75, 3.05) is 0 Å². The Labute approximate surface area is 130 Å². The summed E-state index contributed by atoms with van der Waals surface area (Å²) in [5, 5.41) is 0. The number of hydrogen-bond donors (Lipinski definition) is 1. The van der Waals surface area contributed by atoms with Crippen LogP contribution in [0.1, 0.15) is 31.2 Å². The van der Waals surface area contributed by atoms with Crippen molar-refractivity contribution in [1.82, 2.24) is 9.97 Å². The maximum absolute atomic E-state index is 5.80. The summed E-state index contributed by atoms with van der Waals surface area (Å²) in [6.45, 7) is 0. The summed E-state index contributed by atoms with van der Waals surface area (Å²) in [6.07, 6.45) is 6.75. The fourth-order valence-electron chi connectivity index (χ4n) is 2.81. The molecule has 3 nitrogen and oxygen atoms in total. The molecule has 0 radical (unpaired) electrons. The van der Waals surface area contributed by atoms with E-state index in [-0.39, 0.29) is 0 Å². The van der Waals surface area contributed by atoms with E-state index in [9.17, 15) is 0 Å². The molecule has 2 aromatic carbocycles. The average molecular weight is 292 g/mol. The molecule has 1 aliphatic rings. The van der Waals surface area contributed by atoms with Crippen molar-refractivity contribution in [1.29, 1.82) is 0 Å². The van der Waals surface area contributed by atoms with E-state index < -0.39 is 0 Å². The van der Waals surface area contributed by atoms with E-state index in [1.165, 1.54) is 37.7 Å². The van der Waals surface area contributed by atoms with Crippen molar-refractivity contribution in [2.24, 2.45) is 5.92 Å². The first kappa shape index (κ1) is 13.4. The molecule has 0 aliphatic heterocycles. The predicted molar refractivity (Wildman–Crippen MR) is 88.3 cm³/mol. The lowest BCUT2D eigenvalue weighted by Gasteiger charge is -2.04. The highest BCUT2D eigenvalue weighted by Crippen LogP contribution is 2.34. The Morgan fingerprint density at radius 2 is 1.86 bits per heavy atom. The first-order chi connectivity index (χ1) is 10.9. The Morgan fingerprint density at radius 1 is 1.05 bits per heavy atom. The molecule has 0 spiro atoms. The van der Waals surface area contributed by atoms with Gasteiger partial charge in [-0.25, -0.2) is 0 Å². The molecular formula is C19H20N2O. The van der Waals surface area contributed by atoms with Gasteiger partial charge in [-0.1, -0.05) is 43.5 Å². The van der Waals surface area contributed by atoms with Crippen LogP contribution in [0.4, 0.5) is 0 Å². The number of ether oxygens (including phenoxy) is 1. The first-order valence-corrected chi connectivity index (χ1v) is 8.08. The molecule has 1 aromatic heterocycles. The highest BCUT2D eigenvalue weighted by atomic mass is 16.5. The summed E-state index contributed by atoms with van der Waals surface area (Å²) < 4.78 is 5.80. The molecule has 0 saturated heterocycles. The third kappa shape index (κ3) is 3.14. The predicted octanol–water partition coefficient (Wildman–Crippen LogP) is 5.09. The molecule has 1 heterocycles. The van der Waals surface area contributed by atoms with Crippen LogP contribution in [0.3, 0.4) is 0 Å². The molecule has 4 rings (SSSR count). The second-order valence-electron chi connectivity index (χ2n) is 6.14. The number of H-pyrrole nitrogens is 1. The molecule has 1 fully saturated rings. The lowest BCUT2D eigenvalue weighted by molar-refractivity contribution is 0.449. The van der Waals surface area contributed by atoms with E-state index >= 15 is 0 Å². The minimum Gasteiger partial charge on any atom is -0.426 e. The number of aromatic nitrogens is 2. The van der Waals surface area contributed by atoms with E-state index in [1.807, 2.05) is 36.4 Å². The summed E-state index contributed by atoms with van der Waals surface area (Å²) >= 11 is 0. The Kier molecular flexibility index (Phi) is 3.55. The molecule has 22 heavy (non-hydrogen) atoms. The van der Waals surface area contributed by atoms with Crippen LogP contribution < -0.4 is 4.74 Å². The minimum absolute atomic E-state index is 0.544. The van der Waals surface area contributed by atoms with Gasteiger partial charge < -0.3 is 9.72 Å². The van der Waals surface area contributed by atoms with Gasteiger partial charge in [0.05, 0.1) is 11.0 Å². The van der Waals surface area contributed by atoms with E-state index in [0.717, 1.165) is 22.7 Å². The second kappa shape index (κ2) is 5.84. The van der Waals surface area contributed by atoms with Crippen molar-refractivity contribution < 1.29 is 4.74 Å². The van der Waals surface area contributed by atoms with Crippen LogP contribution in [-0.2, 0) is 6.42 Å². The summed E-state index contributed by atoms with van der Waals surface area (Å²) in [5.74, 6) is 1.85. The monoisotopic (exact) mass is 292 g/mol. The lowest BCUT2D eigenvalue weighted by Crippen LogP contribution is -1.89. The summed E-state index contributed by atoms with van der Waals surface area (Å²) in [5.41, 5.74) is 3.31. The molecule has 112 valence electrons. The fourth-order valence-corrected chi connectivity index (χ4v) is 2.81. The molecule has 0 bridgehead atoms. The van der Waals surface area contributed by atoms with E-state index in [4.69, 9.17) is 4.74 Å². The molecule has 3 aromatic rings. The highest BCUT2D eigenvalue weighted by molar-refractivity contribution is 5.75. The molecule has 0 amide bonds. The van der Waals surface area contributed by atoms with Gasteiger partial charge in [-0.05, 0) is 48.6 Å². The van der Waals surface area contributed by atoms with Gasteiger partial charge in [0.25, 0.3) is 6.01 Å². The third-order valence-electron chi connectivity index (χ3n) is 4.28. The van der Waals surface area contributed by atoms with Crippen molar-refractivity contribution in [3.63, 3.8) is 0 Å². The Morgan fingerprint density at radius 3 is 2.64 bits per heavy atom. The largest absolute Gasteiger partial charge is 0.426 e. The maximum Gasteiger partial charge on any atom is 0.300 e. The van der Waals surface area contributed by atoms with Crippen LogP contribution >= 0.6 is 0 Å². The number of imidazole rings is 1. The molecule has 1 saturated carbocycles. The van der Waals surface area contributed by atoms with Crippen molar-refractivity contribution in [3.05, 3.63) is 54.1 Å². The van der Waals surface area contributed by atoms with Crippen molar-refractivity contribution in [3.8, 4) is 11.8 Å². The van der Waals surface area contributed by atoms with Gasteiger partial charge in [-0.15, -0.1) is 0 Å². The number of aryl methyl sites for hydroxylation is 1. The summed E-state index contributed by atoms with van der Waals surface area (Å²) in [4.78, 5) is 7.61. The molecule has 1 N–H and O–H groups in total. The maximum atomic E-state index is 5.80. The van der Waals surface area contributed by atoms with Gasteiger partial charge in [-0.2, -0.15) is 4.98 Å². The zero-order valence-electron chi connectivity index (χ0n) is 12.6. The molecular weight excluding hydrogens is 272 g/mol. The van der Waals surface area contributed by atoms with Crippen LogP contribution in [0, 0.1) is 5.92 Å². The van der Waals surface area contributed by atoms with Crippen molar-refractivity contribution >= 4 is 11.0 Å². The summed E-state index contributed by atoms with van der Waals surface area (Å²) in [7, 11) is 0. The molecule has 3 heteroatoms. The van der Waals surface area contributed by atoms with Gasteiger partial charge in [0.2, 0.25) is 0 Å². The number of rotatable bonds is 6. The molecule has 0 atom stereocenters. The normalized spacial score (nSPS) is 14.4. The smallest absolute Gasteiger partial charge is 0.300 e. The number of benzene rings is 2. The van der Waals surface area contributed by atoms with Gasteiger partial charge in [0.1, 0.15) is 5.75 Å². The van der Waals surface area contributed by atoms with Crippen LogP contribution in [-0.4, -0.2) is 9.97 Å². The van der Waals surface area contributed by atoms with E-state index in [1.54, 1.807) is 0 Å². The van der Waals surface area contributed by atoms with Crippen molar-refractivity contribution in [2.45, 2.75) is 32.1 Å². The second-order valence-corrected chi connectivity index (χ2v) is 6.14. The summed E-state index contributed by atoms with van der Waals surface area (Å²) in [6, 6.07) is 16.8. The standard InChI is InChI=1S/C19H20N2O/c1-2-7-18-17(6-1)20-19(21-18)22-16-12-10-15(11-13-16)5-3-4-14-8-9-14/h1-2,6-7,10-14H,3-5,8-9H2,(H,20,21). The van der Waals surface area contributed by atoms with Gasteiger partial charge in [0.15, 0.2) is 0 Å². The number of hydrogen-bond acceptors (Lipinski definition) is 2. The van der Waals surface area contributed by atoms with Gasteiger partial charge in [-0.3, -0.25) is 0 Å². The zero-order valence-corrected chi connectivity index (χ0v) is 12.6. The minimum atomic E-state index is 0.544. The number of nitrogens with one attached hydrogen (secondary N) is 1. The average Bonchev–Trinajstić information content (AvgIpc) is 3.27. The number of para-hydroxylation sites is 2. The Hall–Kier alpha value is -2.29. The van der Waals surface area contributed by atoms with Gasteiger partial charge >= 0.3 is 0 Å². The van der Waals surface area contributed by atoms with E-state index in [2.05, 4.69) is 22.1 Å². The number of nitrogens with zero attached hydrogens (tertiary/aromatic N) is 1. The first-order valence-electron chi connectivity index (χ1n) is 8.08. The fraction of sp³-hybridized carbons (Fsp3) is 0.316. The molecule has 0 unspecified atom stereocenters. The SMILES string of the molecule is c1ccc2[nH]c(Oc3ccc(CCCC4CC4)cc3)nc2c1. The van der Waals surface area contributed by atoms with Crippen LogP contribution in [0.5, 0.6) is 11.8 Å². The van der Waals surface area contributed by atoms with E-state index in [0.29, 0.717) is 6.01 Å². The molecule has 1 aliphatic carbocycles. The topological polar surface area (TPSA) is 37.9 Å². The Balaban J connectivity index is 1.39. The lowest BCUT2D eigenvalue weighted by atomic mass is 10.1. The van der Waals surface area contributed by atoms with Crippen LogP contribution in [0.15, 0.2) is 48.5 Å². The zero-order chi connectivity index (χ0) is 14.8. The van der Waals surface area contributed by atoms with Crippen LogP contribution in [0.2, 0.25) is 0 Å². The Bertz CT molecular complexity index is 723.